The molecule has 0 saturated carbocycles. The molecule has 0 aromatic heterocycles. The lowest BCUT2D eigenvalue weighted by molar-refractivity contribution is -0.125. The number of sulfonamides is 4. The Kier molecular flexibility index (Phi) is 39.4. The van der Waals surface area contributed by atoms with Crippen LogP contribution in [-0.4, -0.2) is 104 Å². The third-order valence-corrected chi connectivity index (χ3v) is 10.3. The van der Waals surface area contributed by atoms with Crippen molar-refractivity contribution in [3.63, 3.8) is 0 Å². The maximum atomic E-state index is 10.6. The van der Waals surface area contributed by atoms with Crippen molar-refractivity contribution in [2.45, 2.75) is 202 Å². The summed E-state index contributed by atoms with van der Waals surface area (Å²) in [6.07, 6.45) is 2.78. The van der Waals surface area contributed by atoms with E-state index in [1.165, 1.54) is 20.1 Å². The quantitative estimate of drug-likeness (QED) is 0.177. The van der Waals surface area contributed by atoms with Gasteiger partial charge in [0.2, 0.25) is 63.7 Å². The molecule has 0 radical (unpaired) electrons. The molecule has 0 bridgehead atoms. The van der Waals surface area contributed by atoms with E-state index in [2.05, 4.69) is 40.8 Å². The van der Waals surface area contributed by atoms with Gasteiger partial charge in [-0.05, 0) is 84.0 Å². The number of primary sulfonamides is 2. The van der Waals surface area contributed by atoms with Gasteiger partial charge in [0.15, 0.2) is 0 Å². The van der Waals surface area contributed by atoms with Gasteiger partial charge in [0.1, 0.15) is 0 Å². The van der Waals surface area contributed by atoms with Gasteiger partial charge in [0, 0.05) is 49.9 Å². The van der Waals surface area contributed by atoms with Crippen molar-refractivity contribution >= 4 is 63.7 Å². The van der Waals surface area contributed by atoms with Crippen LogP contribution >= 0.6 is 0 Å². The van der Waals surface area contributed by atoms with Crippen molar-refractivity contribution in [2.75, 3.05) is 31.4 Å². The van der Waals surface area contributed by atoms with Gasteiger partial charge >= 0.3 is 0 Å². The van der Waals surface area contributed by atoms with Crippen molar-refractivity contribution in [3.8, 4) is 0 Å². The van der Waals surface area contributed by atoms with Gasteiger partial charge in [0.25, 0.3) is 0 Å². The van der Waals surface area contributed by atoms with Crippen LogP contribution in [0, 0.1) is 27.1 Å². The topological polar surface area (TPSA) is 357 Å². The van der Waals surface area contributed by atoms with Crippen LogP contribution in [0.15, 0.2) is 0 Å². The fourth-order valence-electron chi connectivity index (χ4n) is 2.95. The number of amides is 4. The van der Waals surface area contributed by atoms with E-state index in [1.54, 1.807) is 62.3 Å². The Hall–Kier alpha value is -2.48. The normalized spacial score (nSPS) is 12.6. The van der Waals surface area contributed by atoms with E-state index in [1.807, 2.05) is 83.1 Å². The summed E-state index contributed by atoms with van der Waals surface area (Å²) in [4.78, 5) is 41.2. The molecular weight excluding hydrogens is 961 g/mol. The molecule has 68 heavy (non-hydrogen) atoms. The standard InChI is InChI=1S/C7H15NO.C6H15NO2S.2C6H13NO.2C5H13NO2S.C5H11NO.C4H11NO2S/c1-6(9)8-5-7(2,3)4;1-6(2,3)5-7-10(4,8)9;1-6(2,3)4-5(7)8;1-5(8)7-6(2,3)4;1-5(2,3)6-9(4,7)8;1-5(2,3)4-9(6,7)8;1-5(2,3)4(6)7;1-4(2,3)8(5,6)7/h5H2,1-4H3,(H,8,9);7H,5H2,1-4H3;4H2,1-3H3,(H2,7,8);1-4H3,(H,7,8);6H,1-4H3;4H2,1-3H3,(H2,6,7,8);1-3H3,(H2,6,7);1-3H3,(H2,5,6,7). The summed E-state index contributed by atoms with van der Waals surface area (Å²) < 4.78 is 88.0. The lowest BCUT2D eigenvalue weighted by Gasteiger charge is -2.18. The molecule has 0 saturated heterocycles. The molecule has 0 aliphatic carbocycles. The van der Waals surface area contributed by atoms with Crippen LogP contribution in [0.25, 0.3) is 0 Å². The molecule has 0 atom stereocenters. The number of nitrogens with two attached hydrogens (primary N) is 4. The Labute approximate surface area is 417 Å². The summed E-state index contributed by atoms with van der Waals surface area (Å²) in [6.45, 7) is 49.2. The maximum Gasteiger partial charge on any atom is 0.222 e. The van der Waals surface area contributed by atoms with E-state index in [9.17, 15) is 52.8 Å². The Morgan fingerprint density at radius 1 is 0.471 bits per heavy atom. The first-order chi connectivity index (χ1) is 28.6. The zero-order valence-corrected chi connectivity index (χ0v) is 50.9. The number of primary amides is 2. The molecule has 12 N–H and O–H groups in total. The van der Waals surface area contributed by atoms with Crippen LogP contribution in [0.4, 0.5) is 0 Å². The van der Waals surface area contributed by atoms with Crippen LogP contribution in [0.1, 0.15) is 186 Å². The fraction of sp³-hybridized carbons (Fsp3) is 0.909. The molecule has 0 spiro atoms. The van der Waals surface area contributed by atoms with Crippen molar-refractivity contribution < 1.29 is 52.8 Å². The van der Waals surface area contributed by atoms with Gasteiger partial charge in [0.05, 0.1) is 23.0 Å². The Morgan fingerprint density at radius 3 is 0.809 bits per heavy atom. The molecule has 0 fully saturated rings. The molecule has 0 aliphatic rings. The van der Waals surface area contributed by atoms with Gasteiger partial charge < -0.3 is 22.1 Å². The molecule has 0 aromatic rings. The van der Waals surface area contributed by atoms with E-state index in [4.69, 9.17) is 21.7 Å². The van der Waals surface area contributed by atoms with E-state index in [-0.39, 0.29) is 67.5 Å². The first-order valence-corrected chi connectivity index (χ1v) is 28.7. The minimum atomic E-state index is -3.34. The number of carbonyl (C=O) groups is 4. The lowest BCUT2D eigenvalue weighted by atomic mass is 9.92. The van der Waals surface area contributed by atoms with Gasteiger partial charge in [-0.25, -0.2) is 53.4 Å². The summed E-state index contributed by atoms with van der Waals surface area (Å²) in [5.41, 5.74) is 9.11. The van der Waals surface area contributed by atoms with Crippen molar-refractivity contribution in [1.29, 1.82) is 0 Å². The number of hydrogen-bond acceptors (Lipinski definition) is 12. The highest BCUT2D eigenvalue weighted by Crippen LogP contribution is 2.17. The molecular formula is C44H104N8O12S4. The second-order valence-electron chi connectivity index (χ2n) is 25.0. The molecule has 24 heteroatoms. The number of carbonyl (C=O) groups excluding carboxylic acids is 4. The second-order valence-corrected chi connectivity index (χ2v) is 32.5. The molecule has 0 aliphatic heterocycles. The predicted octanol–water partition coefficient (Wildman–Crippen LogP) is 4.83. The Bertz CT molecular complexity index is 1830. The number of nitrogens with one attached hydrogen (secondary N) is 4. The third kappa shape index (κ3) is 110. The highest BCUT2D eigenvalue weighted by molar-refractivity contribution is 7.90. The van der Waals surface area contributed by atoms with Crippen molar-refractivity contribution in [1.82, 2.24) is 20.1 Å². The highest BCUT2D eigenvalue weighted by atomic mass is 32.2. The van der Waals surface area contributed by atoms with E-state index in [0.29, 0.717) is 13.0 Å². The van der Waals surface area contributed by atoms with Crippen LogP contribution in [0.3, 0.4) is 0 Å². The largest absolute Gasteiger partial charge is 0.370 e. The summed E-state index contributed by atoms with van der Waals surface area (Å²) in [7, 11) is -12.7. The first kappa shape index (κ1) is 82.4. The zero-order chi connectivity index (χ0) is 58.0. The van der Waals surface area contributed by atoms with Crippen LogP contribution in [0.2, 0.25) is 0 Å². The lowest BCUT2D eigenvalue weighted by Crippen LogP contribution is -2.39. The SMILES string of the molecule is CC(=O)NC(C)(C)C.CC(=O)NCC(C)(C)C.CC(C)(C)C(N)=O.CC(C)(C)CC(N)=O.CC(C)(C)CNS(C)(=O)=O.CC(C)(C)CS(N)(=O)=O.CC(C)(C)NS(C)(=O)=O.CC(C)(C)S(N)(=O)=O. The van der Waals surface area contributed by atoms with E-state index < -0.39 is 44.8 Å². The minimum Gasteiger partial charge on any atom is -0.370 e. The summed E-state index contributed by atoms with van der Waals surface area (Å²) in [5.74, 6) is -0.368. The minimum absolute atomic E-state index is 0.0169. The van der Waals surface area contributed by atoms with Crippen molar-refractivity contribution in [3.05, 3.63) is 0 Å². The fourth-order valence-corrected chi connectivity index (χ4v) is 5.96. The predicted molar refractivity (Wildman–Crippen MR) is 284 cm³/mol. The first-order valence-electron chi connectivity index (χ1n) is 21.6. The average Bonchev–Trinajstić information content (AvgIpc) is 2.88. The number of rotatable bonds is 6. The molecule has 4 amide bonds. The maximum absolute atomic E-state index is 10.6. The Morgan fingerprint density at radius 2 is 0.779 bits per heavy atom. The zero-order valence-electron chi connectivity index (χ0n) is 47.7. The summed E-state index contributed by atoms with van der Waals surface area (Å²) >= 11 is 0. The molecule has 0 unspecified atom stereocenters. The molecule has 0 aromatic carbocycles. The second kappa shape index (κ2) is 32.5. The van der Waals surface area contributed by atoms with E-state index >= 15 is 0 Å². The third-order valence-electron chi connectivity index (χ3n) is 5.71. The van der Waals surface area contributed by atoms with Crippen LogP contribution in [-0.2, 0) is 59.3 Å². The van der Waals surface area contributed by atoms with Crippen LogP contribution < -0.4 is 41.8 Å². The average molecular weight is 1070 g/mol. The van der Waals surface area contributed by atoms with Crippen molar-refractivity contribution in [2.24, 2.45) is 48.8 Å². The van der Waals surface area contributed by atoms with Gasteiger partial charge in [-0.3, -0.25) is 19.2 Å². The van der Waals surface area contributed by atoms with Crippen LogP contribution in [0.5, 0.6) is 0 Å². The molecule has 0 heterocycles. The van der Waals surface area contributed by atoms with Gasteiger partial charge in [-0.15, -0.1) is 0 Å². The highest BCUT2D eigenvalue weighted by Gasteiger charge is 2.24. The molecule has 20 nitrogen and oxygen atoms in total. The smallest absolute Gasteiger partial charge is 0.222 e. The molecule has 416 valence electrons. The van der Waals surface area contributed by atoms with Gasteiger partial charge in [-0.1, -0.05) is 104 Å². The number of hydrogen-bond donors (Lipinski definition) is 8. The summed E-state index contributed by atoms with van der Waals surface area (Å²) in [6, 6.07) is 0. The summed E-state index contributed by atoms with van der Waals surface area (Å²) in [5, 5.41) is 15.1. The van der Waals surface area contributed by atoms with Gasteiger partial charge in [-0.2, -0.15) is 0 Å². The molecule has 0 rings (SSSR count). The Balaban J connectivity index is -0.000000101. The monoisotopic (exact) mass is 1060 g/mol. The van der Waals surface area contributed by atoms with E-state index in [0.717, 1.165) is 12.8 Å².